The van der Waals surface area contributed by atoms with E-state index in [1.807, 2.05) is 6.92 Å². The average Bonchev–Trinajstić information content (AvgIpc) is 2.48. The third kappa shape index (κ3) is 4.19. The zero-order valence-electron chi connectivity index (χ0n) is 12.2. The van der Waals surface area contributed by atoms with Crippen LogP contribution in [-0.4, -0.2) is 19.6 Å². The summed E-state index contributed by atoms with van der Waals surface area (Å²) < 4.78 is 27.6. The average molecular weight is 332 g/mol. The molecule has 1 atom stereocenters. The molecule has 1 aromatic rings. The third-order valence-electron chi connectivity index (χ3n) is 4.20. The molecule has 2 rings (SSSR count). The van der Waals surface area contributed by atoms with Gasteiger partial charge in [-0.15, -0.1) is 0 Å². The van der Waals surface area contributed by atoms with Gasteiger partial charge >= 0.3 is 0 Å². The second-order valence-electron chi connectivity index (χ2n) is 5.72. The Morgan fingerprint density at radius 1 is 1.33 bits per heavy atom. The molecule has 21 heavy (non-hydrogen) atoms. The van der Waals surface area contributed by atoms with E-state index >= 15 is 0 Å². The zero-order valence-corrected chi connectivity index (χ0v) is 13.8. The quantitative estimate of drug-likeness (QED) is 0.871. The molecule has 1 aliphatic carbocycles. The Labute approximate surface area is 131 Å². The van der Waals surface area contributed by atoms with Crippen LogP contribution in [0.2, 0.25) is 5.02 Å². The largest absolute Gasteiger partial charge is 0.392 e. The molecular formula is C15H22ClNO3S. The van der Waals surface area contributed by atoms with Gasteiger partial charge in [0.1, 0.15) is 0 Å². The van der Waals surface area contributed by atoms with Gasteiger partial charge in [0.25, 0.3) is 0 Å². The van der Waals surface area contributed by atoms with Gasteiger partial charge < -0.3 is 5.11 Å². The fourth-order valence-corrected chi connectivity index (χ4v) is 4.42. The summed E-state index contributed by atoms with van der Waals surface area (Å²) >= 11 is 5.90. The summed E-state index contributed by atoms with van der Waals surface area (Å²) in [6.07, 6.45) is 5.74. The number of nitrogens with one attached hydrogen (secondary N) is 1. The number of benzene rings is 1. The molecule has 0 saturated heterocycles. The van der Waals surface area contributed by atoms with Gasteiger partial charge in [0.05, 0.1) is 11.5 Å². The van der Waals surface area contributed by atoms with Crippen LogP contribution in [0.4, 0.5) is 0 Å². The van der Waals surface area contributed by atoms with Crippen LogP contribution in [-0.2, 0) is 16.6 Å². The van der Waals surface area contributed by atoms with Gasteiger partial charge in [-0.25, -0.2) is 13.1 Å². The zero-order chi connectivity index (χ0) is 15.5. The van der Waals surface area contributed by atoms with Crippen molar-refractivity contribution >= 4 is 21.6 Å². The maximum absolute atomic E-state index is 12.4. The minimum atomic E-state index is -3.58. The lowest BCUT2D eigenvalue weighted by atomic mass is 9.85. The van der Waals surface area contributed by atoms with Gasteiger partial charge in [-0.3, -0.25) is 0 Å². The molecular weight excluding hydrogens is 310 g/mol. The molecule has 1 unspecified atom stereocenters. The molecule has 6 heteroatoms. The molecule has 1 fully saturated rings. The van der Waals surface area contributed by atoms with E-state index in [0.717, 1.165) is 12.8 Å². The number of sulfonamides is 1. The minimum absolute atomic E-state index is 0.0800. The summed E-state index contributed by atoms with van der Waals surface area (Å²) in [6.45, 7) is 1.65. The highest BCUT2D eigenvalue weighted by atomic mass is 35.5. The maximum Gasteiger partial charge on any atom is 0.240 e. The molecule has 0 bridgehead atoms. The van der Waals surface area contributed by atoms with Crippen molar-refractivity contribution in [2.24, 2.45) is 5.92 Å². The van der Waals surface area contributed by atoms with E-state index in [4.69, 9.17) is 11.6 Å². The third-order valence-corrected chi connectivity index (χ3v) is 6.12. The number of hydrogen-bond donors (Lipinski definition) is 2. The van der Waals surface area contributed by atoms with E-state index in [1.54, 1.807) is 0 Å². The molecule has 0 aliphatic heterocycles. The highest BCUT2D eigenvalue weighted by Crippen LogP contribution is 2.27. The van der Waals surface area contributed by atoms with E-state index in [-0.39, 0.29) is 17.5 Å². The number of hydrogen-bond acceptors (Lipinski definition) is 3. The van der Waals surface area contributed by atoms with Crippen molar-refractivity contribution in [1.82, 2.24) is 4.72 Å². The standard InChI is InChI=1S/C15H22ClNO3S/c1-11(12-5-3-2-4-6-12)17-21(19,20)14-7-8-15(16)13(9-14)10-18/h7-9,11-12,17-18H,2-6,10H2,1H3. The van der Waals surface area contributed by atoms with Crippen molar-refractivity contribution in [3.05, 3.63) is 28.8 Å². The van der Waals surface area contributed by atoms with Crippen LogP contribution < -0.4 is 4.72 Å². The van der Waals surface area contributed by atoms with E-state index in [9.17, 15) is 13.5 Å². The maximum atomic E-state index is 12.4. The summed E-state index contributed by atoms with van der Waals surface area (Å²) in [7, 11) is -3.58. The molecule has 1 aliphatic rings. The lowest BCUT2D eigenvalue weighted by Gasteiger charge is -2.28. The Hall–Kier alpha value is -0.620. The lowest BCUT2D eigenvalue weighted by molar-refractivity contribution is 0.281. The normalized spacial score (nSPS) is 18.6. The van der Waals surface area contributed by atoms with Crippen LogP contribution >= 0.6 is 11.6 Å². The van der Waals surface area contributed by atoms with Gasteiger partial charge in [-0.05, 0) is 49.4 Å². The first kappa shape index (κ1) is 16.7. The van der Waals surface area contributed by atoms with E-state index in [1.165, 1.54) is 37.5 Å². The summed E-state index contributed by atoms with van der Waals surface area (Å²) in [5.41, 5.74) is 0.421. The van der Waals surface area contributed by atoms with Gasteiger partial charge in [-0.2, -0.15) is 0 Å². The molecule has 1 saturated carbocycles. The van der Waals surface area contributed by atoms with Crippen molar-refractivity contribution in [3.8, 4) is 0 Å². The van der Waals surface area contributed by atoms with Gasteiger partial charge in [-0.1, -0.05) is 30.9 Å². The SMILES string of the molecule is CC(NS(=O)(=O)c1ccc(Cl)c(CO)c1)C1CCCCC1. The molecule has 0 heterocycles. The van der Waals surface area contributed by atoms with Crippen LogP contribution in [0.1, 0.15) is 44.6 Å². The molecule has 0 aromatic heterocycles. The van der Waals surface area contributed by atoms with Crippen molar-refractivity contribution in [2.45, 2.75) is 56.6 Å². The first-order chi connectivity index (χ1) is 9.94. The second kappa shape index (κ2) is 7.09. The van der Waals surface area contributed by atoms with Crippen molar-refractivity contribution in [1.29, 1.82) is 0 Å². The summed E-state index contributed by atoms with van der Waals surface area (Å²) in [5, 5.41) is 9.57. The van der Waals surface area contributed by atoms with Crippen LogP contribution in [0.5, 0.6) is 0 Å². The molecule has 0 spiro atoms. The summed E-state index contributed by atoms with van der Waals surface area (Å²) in [6, 6.07) is 4.33. The topological polar surface area (TPSA) is 66.4 Å². The minimum Gasteiger partial charge on any atom is -0.392 e. The number of halogens is 1. The van der Waals surface area contributed by atoms with Crippen molar-refractivity contribution in [3.63, 3.8) is 0 Å². The Morgan fingerprint density at radius 3 is 2.62 bits per heavy atom. The molecule has 2 N–H and O–H groups in total. The molecule has 4 nitrogen and oxygen atoms in total. The monoisotopic (exact) mass is 331 g/mol. The predicted octanol–water partition coefficient (Wildman–Crippen LogP) is 3.08. The van der Waals surface area contributed by atoms with Crippen LogP contribution in [0, 0.1) is 5.92 Å². The highest BCUT2D eigenvalue weighted by molar-refractivity contribution is 7.89. The molecule has 118 valence electrons. The van der Waals surface area contributed by atoms with Crippen LogP contribution in [0.25, 0.3) is 0 Å². The smallest absolute Gasteiger partial charge is 0.240 e. The second-order valence-corrected chi connectivity index (χ2v) is 7.84. The Kier molecular flexibility index (Phi) is 5.66. The Bertz CT molecular complexity index is 583. The number of aliphatic hydroxyl groups is 1. The van der Waals surface area contributed by atoms with E-state index in [0.29, 0.717) is 16.5 Å². The van der Waals surface area contributed by atoms with Crippen molar-refractivity contribution in [2.75, 3.05) is 0 Å². The van der Waals surface area contributed by atoms with Gasteiger partial charge in [0.2, 0.25) is 10.0 Å². The van der Waals surface area contributed by atoms with Crippen LogP contribution in [0.15, 0.2) is 23.1 Å². The lowest BCUT2D eigenvalue weighted by Crippen LogP contribution is -2.38. The molecule has 0 radical (unpaired) electrons. The summed E-state index contributed by atoms with van der Waals surface area (Å²) in [5.74, 6) is 0.401. The van der Waals surface area contributed by atoms with E-state index < -0.39 is 10.0 Å². The fourth-order valence-electron chi connectivity index (χ4n) is 2.88. The van der Waals surface area contributed by atoms with Crippen LogP contribution in [0.3, 0.4) is 0 Å². The van der Waals surface area contributed by atoms with Gasteiger partial charge in [0.15, 0.2) is 0 Å². The first-order valence-electron chi connectivity index (χ1n) is 7.35. The Balaban J connectivity index is 2.14. The fraction of sp³-hybridized carbons (Fsp3) is 0.600. The molecule has 1 aromatic carbocycles. The van der Waals surface area contributed by atoms with Gasteiger partial charge in [0, 0.05) is 11.1 Å². The number of aliphatic hydroxyl groups excluding tert-OH is 1. The van der Waals surface area contributed by atoms with Crippen molar-refractivity contribution < 1.29 is 13.5 Å². The highest BCUT2D eigenvalue weighted by Gasteiger charge is 2.25. The Morgan fingerprint density at radius 2 is 2.00 bits per heavy atom. The van der Waals surface area contributed by atoms with E-state index in [2.05, 4.69) is 4.72 Å². The first-order valence-corrected chi connectivity index (χ1v) is 9.22. The summed E-state index contributed by atoms with van der Waals surface area (Å²) in [4.78, 5) is 0.151. The molecule has 0 amide bonds. The number of rotatable bonds is 5. The predicted molar refractivity (Wildman–Crippen MR) is 83.7 cm³/mol.